The third-order valence-electron chi connectivity index (χ3n) is 12.1. The zero-order valence-corrected chi connectivity index (χ0v) is 39.8. The molecule has 8 bridgehead atoms. The van der Waals surface area contributed by atoms with Crippen LogP contribution < -0.4 is 28.9 Å². The molecule has 68 heavy (non-hydrogen) atoms. The van der Waals surface area contributed by atoms with Gasteiger partial charge in [-0.25, -0.2) is 9.97 Å². The fourth-order valence-corrected chi connectivity index (χ4v) is 8.24. The summed E-state index contributed by atoms with van der Waals surface area (Å²) in [7, 11) is 0. The molecule has 13 nitrogen and oxygen atoms in total. The normalized spacial score (nSPS) is 11.8. The van der Waals surface area contributed by atoms with Crippen LogP contribution in [0.2, 0.25) is 0 Å². The molecule has 0 aliphatic carbocycles. The molecule has 14 heteroatoms. The molecule has 0 amide bonds. The number of nitrogens with zero attached hydrogens (tertiary/aromatic N) is 4. The number of carbonyl (C=O) groups is 1. The number of carbonyl (C=O) groups excluding carboxylic acids is 1. The van der Waals surface area contributed by atoms with E-state index in [1.165, 1.54) is 0 Å². The maximum absolute atomic E-state index is 12.7. The Morgan fingerprint density at radius 2 is 1.03 bits per heavy atom. The largest absolute Gasteiger partial charge is 2.00 e. The van der Waals surface area contributed by atoms with Gasteiger partial charge in [0.15, 0.2) is 13.6 Å². The van der Waals surface area contributed by atoms with Crippen molar-refractivity contribution in [2.45, 2.75) is 53.9 Å². The average Bonchev–Trinajstić information content (AvgIpc) is 4.08. The number of benzene rings is 4. The Labute approximate surface area is 405 Å². The summed E-state index contributed by atoms with van der Waals surface area (Å²) in [5.41, 5.74) is 8.02. The van der Waals surface area contributed by atoms with Crippen molar-refractivity contribution >= 4 is 49.6 Å². The molecular formula is C54H54CuN4O9. The van der Waals surface area contributed by atoms with Crippen molar-refractivity contribution < 1.29 is 60.1 Å². The molecule has 1 radical (unpaired) electrons. The van der Waals surface area contributed by atoms with Gasteiger partial charge in [0.2, 0.25) is 0 Å². The zero-order chi connectivity index (χ0) is 46.5. The monoisotopic (exact) mass is 965 g/mol. The fraction of sp³-hybridized carbons (Fsp3) is 0.315. The van der Waals surface area contributed by atoms with Crippen LogP contribution in [0.1, 0.15) is 53.9 Å². The van der Waals surface area contributed by atoms with Crippen LogP contribution in [-0.4, -0.2) is 74.3 Å². The van der Waals surface area contributed by atoms with Gasteiger partial charge in [0, 0.05) is 54.6 Å². The maximum atomic E-state index is 12.7. The van der Waals surface area contributed by atoms with E-state index < -0.39 is 5.41 Å². The van der Waals surface area contributed by atoms with Gasteiger partial charge in [-0.2, -0.15) is 0 Å². The summed E-state index contributed by atoms with van der Waals surface area (Å²) >= 11 is 0. The number of rotatable bonds is 19. The van der Waals surface area contributed by atoms with Crippen molar-refractivity contribution in [3.05, 3.63) is 97.1 Å². The number of aliphatic hydroxyl groups is 1. The number of hydrogen-bond donors (Lipinski definition) is 1. The standard InChI is InChI=1S/C54H54N4O9.Cu/c1-6-54(4,5)53(60)65-26-14-25-64-46-20-10-16-34-38-29-43-52-36(18-12-22-48(52)67-32-62-8-3)40(58-43)30-44-51-35(17-11-21-47(51)66-31-61-7-2)39(57-44)28-41-49-33(15-9-19-45(49)63-24-13-23-59)37(55-41)27-42(56-38)50(34)46;/h9-12,15-22,27-30,59H,6-8,13-14,23-26,31-32H2,1-5H3;/q-2;+2. The van der Waals surface area contributed by atoms with Crippen molar-refractivity contribution in [1.29, 1.82) is 0 Å². The number of aromatic nitrogens is 4. The number of hydrogen-bond acceptors (Lipinski definition) is 11. The summed E-state index contributed by atoms with van der Waals surface area (Å²) in [6.07, 6.45) is 1.65. The van der Waals surface area contributed by atoms with Crippen LogP contribution in [0, 0.1) is 5.41 Å². The van der Waals surface area contributed by atoms with Crippen molar-refractivity contribution in [2.24, 2.45) is 5.41 Å². The fourth-order valence-electron chi connectivity index (χ4n) is 8.24. The van der Waals surface area contributed by atoms with Crippen molar-refractivity contribution in [3.63, 3.8) is 0 Å². The van der Waals surface area contributed by atoms with Crippen molar-refractivity contribution in [1.82, 2.24) is 19.9 Å². The summed E-state index contributed by atoms with van der Waals surface area (Å²) in [5, 5.41) is 12.9. The molecule has 2 aliphatic rings. The Morgan fingerprint density at radius 1 is 0.574 bits per heavy atom. The van der Waals surface area contributed by atoms with Crippen LogP contribution in [0.25, 0.3) is 88.6 Å². The first kappa shape index (κ1) is 48.1. The molecule has 0 saturated heterocycles. The van der Waals surface area contributed by atoms with Crippen molar-refractivity contribution in [3.8, 4) is 68.0 Å². The van der Waals surface area contributed by atoms with Gasteiger partial charge < -0.3 is 48.2 Å². The predicted octanol–water partition coefficient (Wildman–Crippen LogP) is 10.8. The summed E-state index contributed by atoms with van der Waals surface area (Å²) in [5.74, 6) is 2.27. The third-order valence-corrected chi connectivity index (χ3v) is 12.1. The first-order valence-electron chi connectivity index (χ1n) is 22.9. The first-order chi connectivity index (χ1) is 32.7. The Bertz CT molecular complexity index is 3110. The maximum Gasteiger partial charge on any atom is 2.00 e. The summed E-state index contributed by atoms with van der Waals surface area (Å²) in [6, 6.07) is 31.5. The number of esters is 1. The molecule has 3 aromatic heterocycles. The minimum Gasteiger partial charge on any atom is -0.657 e. The Morgan fingerprint density at radius 3 is 1.56 bits per heavy atom. The average molecular weight is 967 g/mol. The summed E-state index contributed by atoms with van der Waals surface area (Å²) < 4.78 is 42.3. The summed E-state index contributed by atoms with van der Waals surface area (Å²) in [4.78, 5) is 33.9. The Hall–Kier alpha value is -6.41. The van der Waals surface area contributed by atoms with E-state index in [1.807, 2.05) is 132 Å². The Kier molecular flexibility index (Phi) is 15.0. The summed E-state index contributed by atoms with van der Waals surface area (Å²) in [6.45, 7) is 11.6. The number of ether oxygens (including phenoxy) is 7. The van der Waals surface area contributed by atoms with E-state index in [2.05, 4.69) is 0 Å². The van der Waals surface area contributed by atoms with Crippen LogP contribution >= 0.6 is 0 Å². The molecule has 0 atom stereocenters. The number of fused-ring (bicyclic) bond motifs is 20. The van der Waals surface area contributed by atoms with E-state index in [0.717, 1.165) is 43.8 Å². The SMILES string of the molecule is CCOCOc1cccc2c1-c1cc3[n-]c(cc4nc(cc5[n-]c(cc-2n1)c1c(OCOCC)cccc51)-c1c(OCCCO)cccc1-4)c1c(OCCCOC(=O)C(C)(C)CC)cccc31.[Cu+2]. The molecule has 0 spiro atoms. The first-order valence-corrected chi connectivity index (χ1v) is 22.9. The van der Waals surface area contributed by atoms with Crippen LogP contribution in [0.5, 0.6) is 23.0 Å². The van der Waals surface area contributed by atoms with Gasteiger partial charge in [0.05, 0.1) is 59.1 Å². The topological polar surface area (TPSA) is 156 Å². The molecule has 9 rings (SSSR count). The van der Waals surface area contributed by atoms with Crippen LogP contribution in [-0.2, 0) is 36.1 Å². The van der Waals surface area contributed by atoms with Gasteiger partial charge in [0.1, 0.15) is 23.0 Å². The second kappa shape index (κ2) is 21.3. The molecular weight excluding hydrogens is 912 g/mol. The van der Waals surface area contributed by atoms with Crippen molar-refractivity contribution in [2.75, 3.05) is 53.2 Å². The van der Waals surface area contributed by atoms with E-state index in [1.54, 1.807) is 0 Å². The van der Waals surface area contributed by atoms with Gasteiger partial charge in [-0.1, -0.05) is 55.5 Å². The molecule has 0 unspecified atom stereocenters. The minimum atomic E-state index is -0.554. The van der Waals surface area contributed by atoms with Crippen LogP contribution in [0.4, 0.5) is 0 Å². The zero-order valence-electron chi connectivity index (χ0n) is 38.8. The van der Waals surface area contributed by atoms with Gasteiger partial charge in [-0.3, -0.25) is 4.79 Å². The molecule has 2 aliphatic heterocycles. The van der Waals surface area contributed by atoms with Crippen LogP contribution in [0.15, 0.2) is 97.1 Å². The molecule has 0 saturated carbocycles. The third kappa shape index (κ3) is 9.65. The molecule has 5 heterocycles. The number of aliphatic hydroxyl groups excluding tert-OH is 1. The Balaban J connectivity index is 0.00000625. The van der Waals surface area contributed by atoms with Gasteiger partial charge >= 0.3 is 23.0 Å². The molecule has 1 N–H and O–H groups in total. The quantitative estimate of drug-likeness (QED) is 0.0354. The molecule has 4 aromatic carbocycles. The van der Waals surface area contributed by atoms with E-state index in [4.69, 9.17) is 53.1 Å². The van der Waals surface area contributed by atoms with E-state index in [0.29, 0.717) is 114 Å². The smallest absolute Gasteiger partial charge is 0.657 e. The van der Waals surface area contributed by atoms with Crippen LogP contribution in [0.3, 0.4) is 0 Å². The minimum absolute atomic E-state index is 0. The van der Waals surface area contributed by atoms with Gasteiger partial charge in [-0.15, -0.1) is 22.1 Å². The van der Waals surface area contributed by atoms with E-state index in [9.17, 15) is 9.90 Å². The molecule has 355 valence electrons. The van der Waals surface area contributed by atoms with E-state index in [-0.39, 0.29) is 49.8 Å². The van der Waals surface area contributed by atoms with Gasteiger partial charge in [-0.05, 0) is 93.4 Å². The van der Waals surface area contributed by atoms with Gasteiger partial charge in [0.25, 0.3) is 0 Å². The predicted molar refractivity (Wildman–Crippen MR) is 259 cm³/mol. The second-order valence-corrected chi connectivity index (χ2v) is 16.8. The molecule has 7 aromatic rings. The van der Waals surface area contributed by atoms with E-state index >= 15 is 0 Å². The second-order valence-electron chi connectivity index (χ2n) is 16.8. The molecule has 0 fully saturated rings.